The molecular weight excluding hydrogens is 474 g/mol. The van der Waals surface area contributed by atoms with Crippen LogP contribution < -0.4 is 0 Å². The Hall–Kier alpha value is -2.76. The molecule has 0 radical (unpaired) electrons. The van der Waals surface area contributed by atoms with Crippen molar-refractivity contribution >= 4 is 54.0 Å². The first-order chi connectivity index (χ1) is 14.4. The van der Waals surface area contributed by atoms with Crippen molar-refractivity contribution in [1.82, 2.24) is 24.2 Å². The Bertz CT molecular complexity index is 1340. The third-order valence-electron chi connectivity index (χ3n) is 5.05. The zero-order valence-corrected chi connectivity index (χ0v) is 18.0. The maximum absolute atomic E-state index is 13.0. The fourth-order valence-corrected chi connectivity index (χ4v) is 5.30. The molecule has 0 atom stereocenters. The Morgan fingerprint density at radius 2 is 1.93 bits per heavy atom. The smallest absolute Gasteiger partial charge is 0.309 e. The van der Waals surface area contributed by atoms with E-state index >= 15 is 0 Å². The van der Waals surface area contributed by atoms with Crippen LogP contribution in [0.5, 0.6) is 0 Å². The number of piperazine rings is 1. The summed E-state index contributed by atoms with van der Waals surface area (Å²) in [6.07, 6.45) is 1.57. The molecule has 154 valence electrons. The Kier molecular flexibility index (Phi) is 4.60. The Balaban J connectivity index is 1.32. The molecule has 11 heteroatoms. The lowest BCUT2D eigenvalue weighted by Gasteiger charge is -2.32. The molecule has 30 heavy (non-hydrogen) atoms. The number of halogens is 1. The van der Waals surface area contributed by atoms with Gasteiger partial charge in [-0.05, 0) is 36.4 Å². The van der Waals surface area contributed by atoms with E-state index in [-0.39, 0.29) is 43.0 Å². The molecule has 0 bridgehead atoms. The molecule has 3 aromatic heterocycles. The minimum atomic E-state index is -3.70. The number of hydrogen-bond donors (Lipinski definition) is 1. The minimum Gasteiger partial charge on any atom is -0.431 e. The predicted octanol–water partition coefficient (Wildman–Crippen LogP) is 2.61. The van der Waals surface area contributed by atoms with Crippen molar-refractivity contribution in [1.29, 1.82) is 0 Å². The summed E-state index contributed by atoms with van der Waals surface area (Å²) < 4.78 is 33.8. The summed E-state index contributed by atoms with van der Waals surface area (Å²) in [5.41, 5.74) is 1.55. The van der Waals surface area contributed by atoms with Gasteiger partial charge < -0.3 is 14.3 Å². The van der Waals surface area contributed by atoms with E-state index < -0.39 is 10.0 Å². The number of amides is 1. The fraction of sp³-hybridized carbons (Fsp3) is 0.211. The second-order valence-corrected chi connectivity index (χ2v) is 9.73. The summed E-state index contributed by atoms with van der Waals surface area (Å²) in [4.78, 5) is 25.4. The zero-order chi connectivity index (χ0) is 20.9. The third kappa shape index (κ3) is 3.28. The third-order valence-corrected chi connectivity index (χ3v) is 7.36. The molecule has 0 spiro atoms. The summed E-state index contributed by atoms with van der Waals surface area (Å²) in [5, 5.41) is 0.946. The summed E-state index contributed by atoms with van der Waals surface area (Å²) in [6.45, 7) is 0.864. The molecule has 1 aromatic carbocycles. The van der Waals surface area contributed by atoms with Crippen LogP contribution in [0.2, 0.25) is 0 Å². The SMILES string of the molecule is O=C(c1nc2ncccc2o1)N1CCN(S(=O)(=O)c2cc3cc(Br)ccc3[nH]2)CC1. The number of rotatable bonds is 3. The van der Waals surface area contributed by atoms with Crippen molar-refractivity contribution in [2.24, 2.45) is 0 Å². The Morgan fingerprint density at radius 3 is 2.70 bits per heavy atom. The number of fused-ring (bicyclic) bond motifs is 2. The van der Waals surface area contributed by atoms with Gasteiger partial charge in [0, 0.05) is 47.8 Å². The van der Waals surface area contributed by atoms with Gasteiger partial charge in [0.05, 0.1) is 0 Å². The number of carbonyl (C=O) groups is 1. The highest BCUT2D eigenvalue weighted by Gasteiger charge is 2.32. The van der Waals surface area contributed by atoms with E-state index in [4.69, 9.17) is 4.42 Å². The number of benzene rings is 1. The van der Waals surface area contributed by atoms with Gasteiger partial charge >= 0.3 is 5.91 Å². The Morgan fingerprint density at radius 1 is 1.13 bits per heavy atom. The zero-order valence-electron chi connectivity index (χ0n) is 15.6. The first-order valence-electron chi connectivity index (χ1n) is 9.21. The van der Waals surface area contributed by atoms with Crippen LogP contribution >= 0.6 is 15.9 Å². The molecule has 5 rings (SSSR count). The number of H-pyrrole nitrogens is 1. The number of nitrogens with zero attached hydrogens (tertiary/aromatic N) is 4. The lowest BCUT2D eigenvalue weighted by molar-refractivity contribution is 0.0660. The van der Waals surface area contributed by atoms with Gasteiger partial charge in [-0.25, -0.2) is 13.4 Å². The maximum Gasteiger partial charge on any atom is 0.309 e. The quantitative estimate of drug-likeness (QED) is 0.473. The lowest BCUT2D eigenvalue weighted by atomic mass is 10.3. The highest BCUT2D eigenvalue weighted by atomic mass is 79.9. The molecular formula is C19H16BrN5O4S. The number of oxazole rings is 1. The maximum atomic E-state index is 13.0. The summed E-state index contributed by atoms with van der Waals surface area (Å²) >= 11 is 3.39. The second kappa shape index (κ2) is 7.18. The number of aromatic amines is 1. The number of pyridine rings is 1. The van der Waals surface area contributed by atoms with Crippen molar-refractivity contribution in [3.8, 4) is 0 Å². The van der Waals surface area contributed by atoms with E-state index in [1.54, 1.807) is 29.3 Å². The molecule has 1 aliphatic heterocycles. The second-order valence-electron chi connectivity index (χ2n) is 6.91. The fourth-order valence-electron chi connectivity index (χ4n) is 3.48. The molecule has 0 saturated carbocycles. The number of nitrogens with one attached hydrogen (secondary N) is 1. The normalized spacial score (nSPS) is 15.8. The monoisotopic (exact) mass is 489 g/mol. The summed E-state index contributed by atoms with van der Waals surface area (Å²) in [7, 11) is -3.70. The van der Waals surface area contributed by atoms with Crippen molar-refractivity contribution in [3.63, 3.8) is 0 Å². The van der Waals surface area contributed by atoms with Crippen LogP contribution in [0.4, 0.5) is 0 Å². The molecule has 1 amide bonds. The minimum absolute atomic E-state index is 0.0406. The van der Waals surface area contributed by atoms with E-state index in [1.807, 2.05) is 18.2 Å². The van der Waals surface area contributed by atoms with Crippen molar-refractivity contribution in [2.45, 2.75) is 5.03 Å². The van der Waals surface area contributed by atoms with Gasteiger partial charge in [0.2, 0.25) is 0 Å². The first-order valence-corrected chi connectivity index (χ1v) is 11.4. The van der Waals surface area contributed by atoms with Gasteiger partial charge in [-0.1, -0.05) is 15.9 Å². The van der Waals surface area contributed by atoms with Crippen molar-refractivity contribution < 1.29 is 17.6 Å². The van der Waals surface area contributed by atoms with E-state index in [2.05, 4.69) is 30.9 Å². The van der Waals surface area contributed by atoms with E-state index in [9.17, 15) is 13.2 Å². The number of hydrogen-bond acceptors (Lipinski definition) is 6. The topological polar surface area (TPSA) is 112 Å². The highest BCUT2D eigenvalue weighted by Crippen LogP contribution is 2.25. The van der Waals surface area contributed by atoms with Gasteiger partial charge in [-0.15, -0.1) is 0 Å². The van der Waals surface area contributed by atoms with Gasteiger partial charge in [-0.2, -0.15) is 9.29 Å². The predicted molar refractivity (Wildman–Crippen MR) is 112 cm³/mol. The van der Waals surface area contributed by atoms with E-state index in [1.165, 1.54) is 4.31 Å². The molecule has 4 aromatic rings. The highest BCUT2D eigenvalue weighted by molar-refractivity contribution is 9.10. The molecule has 0 aliphatic carbocycles. The summed E-state index contributed by atoms with van der Waals surface area (Å²) in [5.74, 6) is -0.415. The number of sulfonamides is 1. The average Bonchev–Trinajstić information content (AvgIpc) is 3.37. The van der Waals surface area contributed by atoms with Crippen LogP contribution in [-0.2, 0) is 10.0 Å². The van der Waals surface area contributed by atoms with Crippen LogP contribution in [0, 0.1) is 0 Å². The van der Waals surface area contributed by atoms with E-state index in [0.29, 0.717) is 11.2 Å². The number of aromatic nitrogens is 3. The van der Waals surface area contributed by atoms with Crippen LogP contribution in [0.25, 0.3) is 22.1 Å². The molecule has 1 N–H and O–H groups in total. The lowest BCUT2D eigenvalue weighted by Crippen LogP contribution is -2.50. The van der Waals surface area contributed by atoms with Gasteiger partial charge in [0.1, 0.15) is 5.03 Å². The van der Waals surface area contributed by atoms with Crippen molar-refractivity contribution in [2.75, 3.05) is 26.2 Å². The standard InChI is InChI=1S/C19H16BrN5O4S/c20-13-3-4-14-12(10-13)11-16(22-14)30(27,28)25-8-6-24(7-9-25)19(26)18-23-17-15(29-18)2-1-5-21-17/h1-5,10-11,22H,6-9H2. The Labute approximate surface area is 179 Å². The molecule has 4 heterocycles. The largest absolute Gasteiger partial charge is 0.431 e. The van der Waals surface area contributed by atoms with Crippen LogP contribution in [0.15, 0.2) is 56.5 Å². The van der Waals surface area contributed by atoms with Gasteiger partial charge in [-0.3, -0.25) is 4.79 Å². The van der Waals surface area contributed by atoms with Crippen LogP contribution in [0.3, 0.4) is 0 Å². The van der Waals surface area contributed by atoms with E-state index in [0.717, 1.165) is 15.4 Å². The molecule has 0 unspecified atom stereocenters. The van der Waals surface area contributed by atoms with Crippen molar-refractivity contribution in [3.05, 3.63) is 53.0 Å². The summed E-state index contributed by atoms with van der Waals surface area (Å²) in [6, 6.07) is 10.5. The van der Waals surface area contributed by atoms with Gasteiger partial charge in [0.15, 0.2) is 11.2 Å². The molecule has 1 saturated heterocycles. The number of carbonyl (C=O) groups excluding carboxylic acids is 1. The van der Waals surface area contributed by atoms with Crippen LogP contribution in [-0.4, -0.2) is 64.7 Å². The van der Waals surface area contributed by atoms with Crippen LogP contribution in [0.1, 0.15) is 10.7 Å². The average molecular weight is 490 g/mol. The molecule has 9 nitrogen and oxygen atoms in total. The van der Waals surface area contributed by atoms with Gasteiger partial charge in [0.25, 0.3) is 15.9 Å². The molecule has 1 aliphatic rings. The molecule has 1 fully saturated rings. The first kappa shape index (κ1) is 19.2.